The van der Waals surface area contributed by atoms with Gasteiger partial charge in [0.15, 0.2) is 17.3 Å². The second kappa shape index (κ2) is 7.23. The summed E-state index contributed by atoms with van der Waals surface area (Å²) in [4.78, 5) is 12.2. The number of aromatic nitrogens is 3. The molecule has 0 bridgehead atoms. The first-order valence-electron chi connectivity index (χ1n) is 7.44. The van der Waals surface area contributed by atoms with Crippen LogP contribution >= 0.6 is 11.6 Å². The fourth-order valence-corrected chi connectivity index (χ4v) is 2.23. The third-order valence-electron chi connectivity index (χ3n) is 3.32. The van der Waals surface area contributed by atoms with Gasteiger partial charge in [0, 0.05) is 6.07 Å². The van der Waals surface area contributed by atoms with Gasteiger partial charge in [-0.15, -0.1) is 10.2 Å². The van der Waals surface area contributed by atoms with Crippen molar-refractivity contribution in [2.45, 2.75) is 13.1 Å². The van der Waals surface area contributed by atoms with Gasteiger partial charge < -0.3 is 15.2 Å². The number of rotatable bonds is 4. The Bertz CT molecular complexity index is 973. The van der Waals surface area contributed by atoms with E-state index in [2.05, 4.69) is 26.0 Å². The minimum atomic E-state index is -4.56. The van der Waals surface area contributed by atoms with E-state index in [9.17, 15) is 18.0 Å². The third kappa shape index (κ3) is 4.53. The second-order valence-corrected chi connectivity index (χ2v) is 5.81. The van der Waals surface area contributed by atoms with E-state index < -0.39 is 17.6 Å². The summed E-state index contributed by atoms with van der Waals surface area (Å²) >= 11 is 5.85. The number of benzene rings is 1. The quantitative estimate of drug-likeness (QED) is 0.676. The summed E-state index contributed by atoms with van der Waals surface area (Å²) in [5.41, 5.74) is -1.22. The minimum Gasteiger partial charge on any atom is -0.360 e. The summed E-state index contributed by atoms with van der Waals surface area (Å²) in [6.45, 7) is 1.72. The van der Waals surface area contributed by atoms with Gasteiger partial charge in [-0.25, -0.2) is 0 Å². The summed E-state index contributed by atoms with van der Waals surface area (Å²) < 4.78 is 43.3. The van der Waals surface area contributed by atoms with Crippen molar-refractivity contribution < 1.29 is 22.5 Å². The molecular weight excluding hydrogens is 387 g/mol. The summed E-state index contributed by atoms with van der Waals surface area (Å²) in [6, 6.07) is 7.07. The average molecular weight is 398 g/mol. The second-order valence-electron chi connectivity index (χ2n) is 5.40. The molecule has 0 saturated heterocycles. The van der Waals surface area contributed by atoms with Crippen molar-refractivity contribution in [3.05, 3.63) is 58.4 Å². The molecule has 1 aromatic carbocycles. The highest BCUT2D eigenvalue weighted by atomic mass is 35.5. The zero-order chi connectivity index (χ0) is 19.6. The molecule has 27 heavy (non-hydrogen) atoms. The van der Waals surface area contributed by atoms with Gasteiger partial charge in [0.1, 0.15) is 5.76 Å². The van der Waals surface area contributed by atoms with Crippen LogP contribution in [0.4, 0.5) is 30.5 Å². The van der Waals surface area contributed by atoms with E-state index in [0.717, 1.165) is 18.2 Å². The first-order valence-corrected chi connectivity index (χ1v) is 7.82. The number of hydrogen-bond donors (Lipinski definition) is 2. The number of nitrogens with zero attached hydrogens (tertiary/aromatic N) is 3. The number of anilines is 3. The Morgan fingerprint density at radius 2 is 1.89 bits per heavy atom. The number of carbonyl (C=O) groups is 1. The van der Waals surface area contributed by atoms with Crippen LogP contribution in [0.2, 0.25) is 5.02 Å². The van der Waals surface area contributed by atoms with Crippen molar-refractivity contribution in [1.82, 2.24) is 15.4 Å². The fourth-order valence-electron chi connectivity index (χ4n) is 2.06. The van der Waals surface area contributed by atoms with Crippen LogP contribution in [0, 0.1) is 6.92 Å². The molecule has 3 rings (SSSR count). The lowest BCUT2D eigenvalue weighted by molar-refractivity contribution is -0.137. The van der Waals surface area contributed by atoms with E-state index in [0.29, 0.717) is 17.4 Å². The maximum absolute atomic E-state index is 12.8. The van der Waals surface area contributed by atoms with Crippen LogP contribution < -0.4 is 10.6 Å². The number of alkyl halides is 3. The van der Waals surface area contributed by atoms with Crippen LogP contribution in [0.5, 0.6) is 0 Å². The average Bonchev–Trinajstić information content (AvgIpc) is 3.01. The Morgan fingerprint density at radius 1 is 1.11 bits per heavy atom. The maximum atomic E-state index is 12.8. The molecule has 140 valence electrons. The van der Waals surface area contributed by atoms with Gasteiger partial charge in [0.05, 0.1) is 16.3 Å². The van der Waals surface area contributed by atoms with E-state index >= 15 is 0 Å². The lowest BCUT2D eigenvalue weighted by Gasteiger charge is -2.11. The Kier molecular flexibility index (Phi) is 5.00. The zero-order valence-corrected chi connectivity index (χ0v) is 14.4. The van der Waals surface area contributed by atoms with E-state index in [4.69, 9.17) is 16.1 Å². The van der Waals surface area contributed by atoms with Gasteiger partial charge in [-0.2, -0.15) is 13.2 Å². The third-order valence-corrected chi connectivity index (χ3v) is 3.65. The van der Waals surface area contributed by atoms with Gasteiger partial charge in [-0.3, -0.25) is 4.79 Å². The van der Waals surface area contributed by atoms with Crippen LogP contribution in [0.3, 0.4) is 0 Å². The normalized spacial score (nSPS) is 11.3. The molecular formula is C16H11ClF3N5O2. The van der Waals surface area contributed by atoms with Gasteiger partial charge in [0.25, 0.3) is 5.91 Å². The highest BCUT2D eigenvalue weighted by Crippen LogP contribution is 2.33. The van der Waals surface area contributed by atoms with Crippen LogP contribution in [-0.4, -0.2) is 21.3 Å². The molecule has 0 radical (unpaired) electrons. The molecule has 1 amide bonds. The lowest BCUT2D eigenvalue weighted by atomic mass is 10.2. The standard InChI is InChI=1S/C16H11ClF3N5O2/c1-8-6-14(25-27-8)22-13-5-4-11(23-24-13)15(26)21-12-7-9(16(18,19)20)2-3-10(12)17/h2-7H,1H3,(H,21,26)(H,22,24,25). The van der Waals surface area contributed by atoms with Crippen molar-refractivity contribution in [3.63, 3.8) is 0 Å². The molecule has 2 heterocycles. The summed E-state index contributed by atoms with van der Waals surface area (Å²) in [6.07, 6.45) is -4.56. The van der Waals surface area contributed by atoms with Crippen LogP contribution in [0.15, 0.2) is 40.9 Å². The molecule has 0 fully saturated rings. The molecule has 2 N–H and O–H groups in total. The molecule has 0 aliphatic carbocycles. The highest BCUT2D eigenvalue weighted by molar-refractivity contribution is 6.33. The maximum Gasteiger partial charge on any atom is 0.416 e. The predicted molar refractivity (Wildman–Crippen MR) is 91.0 cm³/mol. The molecule has 11 heteroatoms. The van der Waals surface area contributed by atoms with Gasteiger partial charge in [0.2, 0.25) is 0 Å². The van der Waals surface area contributed by atoms with Crippen LogP contribution in [0.1, 0.15) is 21.8 Å². The number of hydrogen-bond acceptors (Lipinski definition) is 6. The molecule has 2 aromatic heterocycles. The van der Waals surface area contributed by atoms with Gasteiger partial charge in [-0.05, 0) is 37.3 Å². The van der Waals surface area contributed by atoms with Crippen LogP contribution in [0.25, 0.3) is 0 Å². The number of amides is 1. The lowest BCUT2D eigenvalue weighted by Crippen LogP contribution is -2.16. The predicted octanol–water partition coefficient (Wildman–Crippen LogP) is 4.44. The largest absolute Gasteiger partial charge is 0.416 e. The molecule has 3 aromatic rings. The van der Waals surface area contributed by atoms with E-state index in [1.807, 2.05) is 0 Å². The van der Waals surface area contributed by atoms with E-state index in [1.54, 1.807) is 13.0 Å². The number of nitrogens with one attached hydrogen (secondary N) is 2. The number of aryl methyl sites for hydroxylation is 1. The first-order chi connectivity index (χ1) is 12.7. The molecule has 0 unspecified atom stereocenters. The Morgan fingerprint density at radius 3 is 2.48 bits per heavy atom. The molecule has 0 aliphatic heterocycles. The van der Waals surface area contributed by atoms with Crippen molar-refractivity contribution in [1.29, 1.82) is 0 Å². The fraction of sp³-hybridized carbons (Fsp3) is 0.125. The first kappa shape index (κ1) is 18.6. The zero-order valence-electron chi connectivity index (χ0n) is 13.6. The SMILES string of the molecule is Cc1cc(Nc2ccc(C(=O)Nc3cc(C(F)(F)F)ccc3Cl)nn2)no1. The van der Waals surface area contributed by atoms with Crippen molar-refractivity contribution in [2.75, 3.05) is 10.6 Å². The van der Waals surface area contributed by atoms with Crippen molar-refractivity contribution >= 4 is 34.8 Å². The Hall–Kier alpha value is -3.14. The number of halogens is 4. The van der Waals surface area contributed by atoms with Crippen molar-refractivity contribution in [3.8, 4) is 0 Å². The number of carbonyl (C=O) groups excluding carboxylic acids is 1. The smallest absolute Gasteiger partial charge is 0.360 e. The van der Waals surface area contributed by atoms with Crippen LogP contribution in [-0.2, 0) is 6.18 Å². The minimum absolute atomic E-state index is 0.0380. The Balaban J connectivity index is 1.73. The molecule has 7 nitrogen and oxygen atoms in total. The topological polar surface area (TPSA) is 92.9 Å². The molecule has 0 aliphatic rings. The summed E-state index contributed by atoms with van der Waals surface area (Å²) in [7, 11) is 0. The van der Waals surface area contributed by atoms with Gasteiger partial charge >= 0.3 is 6.18 Å². The van der Waals surface area contributed by atoms with Gasteiger partial charge in [-0.1, -0.05) is 16.8 Å². The Labute approximate surface area is 155 Å². The van der Waals surface area contributed by atoms with E-state index in [1.165, 1.54) is 12.1 Å². The summed E-state index contributed by atoms with van der Waals surface area (Å²) in [5, 5.41) is 16.3. The van der Waals surface area contributed by atoms with Crippen molar-refractivity contribution in [2.24, 2.45) is 0 Å². The highest BCUT2D eigenvalue weighted by Gasteiger charge is 2.31. The monoisotopic (exact) mass is 397 g/mol. The summed E-state index contributed by atoms with van der Waals surface area (Å²) in [5.74, 6) is 0.554. The molecule has 0 spiro atoms. The van der Waals surface area contributed by atoms with E-state index in [-0.39, 0.29) is 16.4 Å². The molecule has 0 atom stereocenters. The molecule has 0 saturated carbocycles.